The van der Waals surface area contributed by atoms with Gasteiger partial charge in [-0.3, -0.25) is 24.1 Å². The van der Waals surface area contributed by atoms with Gasteiger partial charge in [0.15, 0.2) is 10.8 Å². The average molecular weight is 1020 g/mol. The summed E-state index contributed by atoms with van der Waals surface area (Å²) in [6.07, 6.45) is -2.65. The summed E-state index contributed by atoms with van der Waals surface area (Å²) in [5.41, 5.74) is 1.51. The highest BCUT2D eigenvalue weighted by atomic mass is 32.1. The number of aromatic nitrogens is 1. The molecule has 4 amide bonds. The maximum Gasteiger partial charge on any atom is 0.407 e. The van der Waals surface area contributed by atoms with Crippen molar-refractivity contribution in [2.45, 2.75) is 110 Å². The summed E-state index contributed by atoms with van der Waals surface area (Å²) in [7, 11) is 0. The molecule has 2 saturated heterocycles. The molecule has 0 unspecified atom stereocenters. The number of carbonyl (C=O) groups is 4. The standard InChI is InChI=1S/C51H60F3N7O8S2/c1-32-43(71-31-57-32)34-14-12-33(13-15-34)28-56-45(64)41-27-37(62)29-59(41)46(65)44(49(2,3)4)58-42(63)30-68-24-11-23-67-22-9-8-10-25-69-38-19-16-35(17-20-38)61-48(70)60(47(66)50(61,5)6)36-18-21-40(55-7)39(26-36)51(52,53)54/h12-21,26,31,37,41,44,62H,8-11,22-25,27-30H2,1-6H3,(H,56,64)(H,58,63)/t37-,41-,44+/m0/s1. The normalized spacial score (nSPS) is 17.3. The maximum atomic E-state index is 13.9. The van der Waals surface area contributed by atoms with Crippen LogP contribution in [0.25, 0.3) is 15.3 Å². The Morgan fingerprint density at radius 3 is 2.27 bits per heavy atom. The molecule has 0 spiro atoms. The largest absolute Gasteiger partial charge is 0.494 e. The molecule has 380 valence electrons. The molecule has 71 heavy (non-hydrogen) atoms. The van der Waals surface area contributed by atoms with Gasteiger partial charge in [0, 0.05) is 50.7 Å². The van der Waals surface area contributed by atoms with E-state index in [2.05, 4.69) is 20.5 Å². The number of thiazole rings is 1. The highest BCUT2D eigenvalue weighted by Gasteiger charge is 2.51. The molecule has 4 aromatic rings. The number of aliphatic hydroxyl groups is 1. The minimum Gasteiger partial charge on any atom is -0.494 e. The summed E-state index contributed by atoms with van der Waals surface area (Å²) in [6, 6.07) is 16.0. The zero-order valence-electron chi connectivity index (χ0n) is 40.6. The minimum atomic E-state index is -4.79. The van der Waals surface area contributed by atoms with Crippen molar-refractivity contribution in [2.24, 2.45) is 5.41 Å². The number of β-amino-alcohol motifs (C(OH)–C–C–N with tert-alkyl or cyclic N) is 1. The number of thiocarbonyl (C=S) groups is 1. The van der Waals surface area contributed by atoms with Gasteiger partial charge < -0.3 is 39.8 Å². The zero-order chi connectivity index (χ0) is 51.7. The molecular formula is C51H60F3N7O8S2. The topological polar surface area (TPSA) is 167 Å². The van der Waals surface area contributed by atoms with Crippen LogP contribution in [-0.4, -0.2) is 107 Å². The number of unbranched alkanes of at least 4 members (excludes halogenated alkanes) is 2. The van der Waals surface area contributed by atoms with Crippen LogP contribution >= 0.6 is 23.6 Å². The number of carbonyl (C=O) groups excluding carboxylic acids is 4. The molecule has 3 aromatic carbocycles. The molecule has 2 aliphatic rings. The smallest absolute Gasteiger partial charge is 0.407 e. The average Bonchev–Trinajstić information content (AvgIpc) is 3.99. The van der Waals surface area contributed by atoms with E-state index in [1.54, 1.807) is 59.9 Å². The number of hydrogen-bond acceptors (Lipinski definition) is 11. The molecule has 0 aliphatic carbocycles. The first-order valence-corrected chi connectivity index (χ1v) is 24.6. The van der Waals surface area contributed by atoms with Crippen molar-refractivity contribution in [3.8, 4) is 16.2 Å². The van der Waals surface area contributed by atoms with Gasteiger partial charge in [0.2, 0.25) is 17.7 Å². The number of alkyl halides is 3. The van der Waals surface area contributed by atoms with Gasteiger partial charge in [0.25, 0.3) is 5.91 Å². The van der Waals surface area contributed by atoms with Crippen LogP contribution in [0.15, 0.2) is 72.2 Å². The molecule has 1 aromatic heterocycles. The van der Waals surface area contributed by atoms with Gasteiger partial charge in [-0.2, -0.15) is 13.2 Å². The molecule has 0 saturated carbocycles. The first-order chi connectivity index (χ1) is 33.6. The first-order valence-electron chi connectivity index (χ1n) is 23.3. The van der Waals surface area contributed by atoms with Crippen LogP contribution in [0, 0.1) is 18.9 Å². The number of anilines is 2. The van der Waals surface area contributed by atoms with E-state index in [9.17, 15) is 37.5 Å². The van der Waals surface area contributed by atoms with Crippen molar-refractivity contribution in [3.63, 3.8) is 0 Å². The number of nitrogens with zero attached hydrogens (tertiary/aromatic N) is 5. The van der Waals surface area contributed by atoms with Gasteiger partial charge in [0.1, 0.15) is 30.0 Å². The number of amides is 4. The Hall–Kier alpha value is -5.98. The number of likely N-dealkylation sites (tertiary alicyclic amines) is 1. The lowest BCUT2D eigenvalue weighted by Crippen LogP contribution is -2.58. The van der Waals surface area contributed by atoms with Crippen molar-refractivity contribution in [3.05, 3.63) is 100 Å². The molecule has 2 fully saturated rings. The summed E-state index contributed by atoms with van der Waals surface area (Å²) in [5, 5.41) is 16.3. The van der Waals surface area contributed by atoms with Crippen molar-refractivity contribution in [1.82, 2.24) is 20.5 Å². The Morgan fingerprint density at radius 2 is 1.62 bits per heavy atom. The molecular weight excluding hydrogens is 960 g/mol. The summed E-state index contributed by atoms with van der Waals surface area (Å²) in [4.78, 5) is 66.3. The third kappa shape index (κ3) is 13.5. The Bertz CT molecular complexity index is 2580. The minimum absolute atomic E-state index is 0.00605. The van der Waals surface area contributed by atoms with Crippen LogP contribution in [0.2, 0.25) is 0 Å². The Kier molecular flexibility index (Phi) is 18.0. The number of halogens is 3. The van der Waals surface area contributed by atoms with E-state index in [0.29, 0.717) is 37.7 Å². The predicted molar refractivity (Wildman–Crippen MR) is 268 cm³/mol. The van der Waals surface area contributed by atoms with Crippen LogP contribution in [0.4, 0.5) is 30.2 Å². The number of ether oxygens (including phenoxy) is 3. The maximum absolute atomic E-state index is 13.9. The predicted octanol–water partition coefficient (Wildman–Crippen LogP) is 8.39. The highest BCUT2D eigenvalue weighted by molar-refractivity contribution is 7.81. The van der Waals surface area contributed by atoms with Gasteiger partial charge in [0.05, 0.1) is 40.9 Å². The van der Waals surface area contributed by atoms with E-state index < -0.39 is 64.3 Å². The van der Waals surface area contributed by atoms with Crippen LogP contribution in [0.1, 0.15) is 83.5 Å². The summed E-state index contributed by atoms with van der Waals surface area (Å²) in [5.74, 6) is -1.24. The van der Waals surface area contributed by atoms with Gasteiger partial charge in [-0.05, 0) is 112 Å². The van der Waals surface area contributed by atoms with E-state index >= 15 is 0 Å². The third-order valence-electron chi connectivity index (χ3n) is 12.2. The van der Waals surface area contributed by atoms with Crippen LogP contribution in [0.5, 0.6) is 5.75 Å². The second-order valence-electron chi connectivity index (χ2n) is 19.0. The second-order valence-corrected chi connectivity index (χ2v) is 20.2. The second kappa shape index (κ2) is 23.5. The van der Waals surface area contributed by atoms with Crippen molar-refractivity contribution in [2.75, 3.05) is 49.4 Å². The van der Waals surface area contributed by atoms with Gasteiger partial charge in [-0.1, -0.05) is 51.1 Å². The van der Waals surface area contributed by atoms with Gasteiger partial charge >= 0.3 is 6.18 Å². The molecule has 15 nitrogen and oxygen atoms in total. The quantitative estimate of drug-likeness (QED) is 0.0417. The molecule has 6 rings (SSSR count). The summed E-state index contributed by atoms with van der Waals surface area (Å²) < 4.78 is 58.4. The first kappa shape index (κ1) is 54.4. The number of hydrogen-bond donors (Lipinski definition) is 3. The monoisotopic (exact) mass is 1020 g/mol. The van der Waals surface area contributed by atoms with Crippen molar-refractivity contribution >= 4 is 69.4 Å². The Balaban J connectivity index is 0.851. The molecule has 3 heterocycles. The highest BCUT2D eigenvalue weighted by Crippen LogP contribution is 2.42. The molecule has 0 bridgehead atoms. The number of nitrogens with one attached hydrogen (secondary N) is 2. The molecule has 20 heteroatoms. The fourth-order valence-corrected chi connectivity index (χ4v) is 9.65. The third-order valence-corrected chi connectivity index (χ3v) is 13.5. The number of aryl methyl sites for hydroxylation is 1. The van der Waals surface area contributed by atoms with Crippen molar-refractivity contribution < 1.29 is 51.7 Å². The molecule has 2 aliphatic heterocycles. The molecule has 3 atom stereocenters. The van der Waals surface area contributed by atoms with Gasteiger partial charge in [-0.15, -0.1) is 11.3 Å². The molecule has 0 radical (unpaired) electrons. The van der Waals surface area contributed by atoms with E-state index in [1.807, 2.05) is 52.0 Å². The van der Waals surface area contributed by atoms with Crippen LogP contribution < -0.4 is 25.2 Å². The van der Waals surface area contributed by atoms with Crippen molar-refractivity contribution in [1.29, 1.82) is 0 Å². The Labute approximate surface area is 421 Å². The summed E-state index contributed by atoms with van der Waals surface area (Å²) >= 11 is 7.19. The SMILES string of the molecule is [C-]#[N+]c1ccc(N2C(=O)C(C)(C)N(c3ccc(OCCCCCOCCCOCC(=O)N[C@H](C(=O)N4C[C@@H](O)C[C@H]4C(=O)NCc4ccc(-c5scnc5C)cc4)C(C)(C)C)cc3)C2=S)cc1C(F)(F)F. The lowest BCUT2D eigenvalue weighted by atomic mass is 9.85. The number of rotatable bonds is 21. The summed E-state index contributed by atoms with van der Waals surface area (Å²) in [6.45, 7) is 19.4. The zero-order valence-corrected chi connectivity index (χ0v) is 42.3. The van der Waals surface area contributed by atoms with E-state index in [1.165, 1.54) is 11.0 Å². The molecule has 3 N–H and O–H groups in total. The number of benzene rings is 3. The fourth-order valence-electron chi connectivity index (χ4n) is 8.32. The Morgan fingerprint density at radius 1 is 0.958 bits per heavy atom. The number of aliphatic hydroxyl groups excluding tert-OH is 1. The van der Waals surface area contributed by atoms with E-state index in [4.69, 9.17) is 33.0 Å². The van der Waals surface area contributed by atoms with E-state index in [-0.39, 0.29) is 49.4 Å². The van der Waals surface area contributed by atoms with Crippen LogP contribution in [0.3, 0.4) is 0 Å². The van der Waals surface area contributed by atoms with Crippen LogP contribution in [-0.2, 0) is 41.4 Å². The van der Waals surface area contributed by atoms with Gasteiger partial charge in [-0.25, -0.2) is 9.83 Å². The van der Waals surface area contributed by atoms with E-state index in [0.717, 1.165) is 58.0 Å². The fraction of sp³-hybridized carbons (Fsp3) is 0.471. The lowest BCUT2D eigenvalue weighted by molar-refractivity contribution is -0.144. The lowest BCUT2D eigenvalue weighted by Gasteiger charge is -2.35.